The van der Waals surface area contributed by atoms with Gasteiger partial charge in [-0.25, -0.2) is 14.2 Å². The highest BCUT2D eigenvalue weighted by Gasteiger charge is 2.33. The van der Waals surface area contributed by atoms with E-state index in [2.05, 4.69) is 4.98 Å². The maximum absolute atomic E-state index is 13.5. The Morgan fingerprint density at radius 3 is 2.24 bits per heavy atom. The summed E-state index contributed by atoms with van der Waals surface area (Å²) < 4.78 is 47.0. The molecule has 10 heteroatoms. The van der Waals surface area contributed by atoms with Crippen molar-refractivity contribution < 1.29 is 17.9 Å². The summed E-state index contributed by atoms with van der Waals surface area (Å²) in [5.41, 5.74) is -0.463. The van der Waals surface area contributed by atoms with Gasteiger partial charge in [-0.15, -0.1) is 0 Å². The van der Waals surface area contributed by atoms with Crippen molar-refractivity contribution in [3.8, 4) is 5.75 Å². The van der Waals surface area contributed by atoms with Gasteiger partial charge in [0.05, 0.1) is 25.8 Å². The predicted octanol–water partition coefficient (Wildman–Crippen LogP) is 5.16. The van der Waals surface area contributed by atoms with Crippen LogP contribution in [0.2, 0.25) is 5.02 Å². The molecule has 0 aliphatic heterocycles. The molecule has 0 amide bonds. The maximum Gasteiger partial charge on any atom is 0.416 e. The molecular formula is C27H25ClF3N3O3. The van der Waals surface area contributed by atoms with E-state index in [1.165, 1.54) is 16.7 Å². The first-order valence-corrected chi connectivity index (χ1v) is 12.1. The third-order valence-electron chi connectivity index (χ3n) is 6.20. The zero-order chi connectivity index (χ0) is 26.6. The average molecular weight is 532 g/mol. The first-order chi connectivity index (χ1) is 17.6. The average Bonchev–Trinajstić information content (AvgIpc) is 2.88. The Labute approximate surface area is 216 Å². The smallest absolute Gasteiger partial charge is 0.416 e. The van der Waals surface area contributed by atoms with Crippen molar-refractivity contribution in [3.63, 3.8) is 0 Å². The van der Waals surface area contributed by atoms with E-state index in [-0.39, 0.29) is 31.3 Å². The third-order valence-corrected chi connectivity index (χ3v) is 6.45. The fraction of sp³-hybridized carbons (Fsp3) is 0.296. The largest absolute Gasteiger partial charge is 0.497 e. The molecule has 0 saturated carbocycles. The minimum Gasteiger partial charge on any atom is -0.497 e. The van der Waals surface area contributed by atoms with E-state index < -0.39 is 23.1 Å². The number of methoxy groups -OCH3 is 1. The summed E-state index contributed by atoms with van der Waals surface area (Å²) >= 11 is 5.99. The normalized spacial score (nSPS) is 15.5. The minimum atomic E-state index is -4.42. The van der Waals surface area contributed by atoms with Crippen LogP contribution in [0.4, 0.5) is 13.2 Å². The number of aromatic nitrogens is 3. The molecule has 0 bridgehead atoms. The van der Waals surface area contributed by atoms with Crippen molar-refractivity contribution in [1.29, 1.82) is 0 Å². The van der Waals surface area contributed by atoms with Gasteiger partial charge in [-0.1, -0.05) is 54.1 Å². The molecule has 4 rings (SSSR count). The van der Waals surface area contributed by atoms with Crippen molar-refractivity contribution in [1.82, 2.24) is 14.1 Å². The van der Waals surface area contributed by atoms with E-state index >= 15 is 0 Å². The number of rotatable bonds is 8. The lowest BCUT2D eigenvalue weighted by Crippen LogP contribution is -2.44. The highest BCUT2D eigenvalue weighted by molar-refractivity contribution is 6.30. The van der Waals surface area contributed by atoms with Gasteiger partial charge in [0, 0.05) is 11.4 Å². The molecule has 0 N–H and O–H groups in total. The SMILES string of the molecule is COc1ccc(Cn2c(=O)nc(CCC3C=C(C(F)(F)F)C=CC3)n(Cc3ccc(Cl)cc3)c2=O)cc1. The number of benzene rings is 2. The van der Waals surface area contributed by atoms with Crippen LogP contribution in [0.3, 0.4) is 0 Å². The molecule has 1 unspecified atom stereocenters. The van der Waals surface area contributed by atoms with Crippen LogP contribution in [0.5, 0.6) is 5.75 Å². The lowest BCUT2D eigenvalue weighted by Gasteiger charge is -2.19. The van der Waals surface area contributed by atoms with E-state index in [9.17, 15) is 22.8 Å². The first-order valence-electron chi connectivity index (χ1n) is 11.7. The van der Waals surface area contributed by atoms with Crippen LogP contribution in [-0.2, 0) is 19.5 Å². The highest BCUT2D eigenvalue weighted by atomic mass is 35.5. The molecule has 3 aromatic rings. The molecular weight excluding hydrogens is 507 g/mol. The number of halogens is 4. The number of alkyl halides is 3. The molecule has 37 heavy (non-hydrogen) atoms. The number of allylic oxidation sites excluding steroid dienone is 4. The van der Waals surface area contributed by atoms with Gasteiger partial charge in [-0.2, -0.15) is 18.2 Å². The van der Waals surface area contributed by atoms with Gasteiger partial charge in [0.25, 0.3) is 0 Å². The van der Waals surface area contributed by atoms with Gasteiger partial charge < -0.3 is 4.74 Å². The molecule has 1 aliphatic rings. The van der Waals surface area contributed by atoms with Gasteiger partial charge >= 0.3 is 17.6 Å². The predicted molar refractivity (Wildman–Crippen MR) is 135 cm³/mol. The standard InChI is InChI=1S/C27H25ClF3N3O3/c1-37-23-12-7-20(8-13-23)17-34-25(35)32-24(14-9-18-3-2-4-21(15-18)27(29,30)31)33(26(34)36)16-19-5-10-22(28)11-6-19/h2,4-8,10-13,15,18H,3,9,14,16-17H2,1H3. The molecule has 1 heterocycles. The molecule has 1 aromatic heterocycles. The topological polar surface area (TPSA) is 66.1 Å². The second-order valence-electron chi connectivity index (χ2n) is 8.80. The van der Waals surface area contributed by atoms with Gasteiger partial charge in [0.2, 0.25) is 0 Å². The fourth-order valence-corrected chi connectivity index (χ4v) is 4.32. The van der Waals surface area contributed by atoms with E-state index in [1.807, 2.05) is 0 Å². The van der Waals surface area contributed by atoms with Crippen molar-refractivity contribution in [2.75, 3.05) is 7.11 Å². The molecule has 0 spiro atoms. The van der Waals surface area contributed by atoms with Crippen LogP contribution < -0.4 is 16.1 Å². The third kappa shape index (κ3) is 6.60. The zero-order valence-corrected chi connectivity index (χ0v) is 20.8. The Morgan fingerprint density at radius 2 is 1.62 bits per heavy atom. The van der Waals surface area contributed by atoms with Crippen molar-refractivity contribution in [2.45, 2.75) is 38.5 Å². The lowest BCUT2D eigenvalue weighted by molar-refractivity contribution is -0.0889. The molecule has 0 fully saturated rings. The Bertz CT molecular complexity index is 1420. The summed E-state index contributed by atoms with van der Waals surface area (Å²) in [6.07, 6.45) is 0.259. The molecule has 1 atom stereocenters. The number of nitrogens with zero attached hydrogens (tertiary/aromatic N) is 3. The molecule has 194 valence electrons. The summed E-state index contributed by atoms with van der Waals surface area (Å²) in [5.74, 6) is 0.488. The van der Waals surface area contributed by atoms with E-state index in [4.69, 9.17) is 16.3 Å². The monoisotopic (exact) mass is 531 g/mol. The van der Waals surface area contributed by atoms with Crippen LogP contribution in [0, 0.1) is 5.92 Å². The Kier molecular flexibility index (Phi) is 8.02. The second kappa shape index (κ2) is 11.2. The first kappa shape index (κ1) is 26.5. The van der Waals surface area contributed by atoms with Crippen LogP contribution in [0.1, 0.15) is 29.8 Å². The molecule has 2 aromatic carbocycles. The zero-order valence-electron chi connectivity index (χ0n) is 20.0. The summed E-state index contributed by atoms with van der Waals surface area (Å²) in [5, 5.41) is 0.538. The quantitative estimate of drug-likeness (QED) is 0.403. The van der Waals surface area contributed by atoms with Crippen molar-refractivity contribution in [2.24, 2.45) is 5.92 Å². The summed E-state index contributed by atoms with van der Waals surface area (Å²) in [7, 11) is 1.54. The van der Waals surface area contributed by atoms with Crippen LogP contribution >= 0.6 is 11.6 Å². The maximum atomic E-state index is 13.5. The molecule has 0 radical (unpaired) electrons. The summed E-state index contributed by atoms with van der Waals surface area (Å²) in [6, 6.07) is 13.9. The number of hydrogen-bond donors (Lipinski definition) is 0. The van der Waals surface area contributed by atoms with E-state index in [0.29, 0.717) is 29.2 Å². The van der Waals surface area contributed by atoms with Gasteiger partial charge in [-0.3, -0.25) is 4.57 Å². The van der Waals surface area contributed by atoms with Gasteiger partial charge in [-0.05, 0) is 54.2 Å². The second-order valence-corrected chi connectivity index (χ2v) is 9.23. The Morgan fingerprint density at radius 1 is 1.00 bits per heavy atom. The van der Waals surface area contributed by atoms with Crippen LogP contribution in [0.25, 0.3) is 0 Å². The molecule has 0 saturated heterocycles. The van der Waals surface area contributed by atoms with Crippen LogP contribution in [-0.4, -0.2) is 27.4 Å². The Hall–Kier alpha value is -3.59. The fourth-order valence-electron chi connectivity index (χ4n) is 4.19. The summed E-state index contributed by atoms with van der Waals surface area (Å²) in [6.45, 7) is 0.149. The Balaban J connectivity index is 1.66. The minimum absolute atomic E-state index is 0.0145. The molecule has 6 nitrogen and oxygen atoms in total. The number of ether oxygens (including phenoxy) is 1. The van der Waals surface area contributed by atoms with Gasteiger partial charge in [0.15, 0.2) is 0 Å². The van der Waals surface area contributed by atoms with Crippen LogP contribution in [0.15, 0.2) is 81.9 Å². The van der Waals surface area contributed by atoms with Gasteiger partial charge in [0.1, 0.15) is 11.6 Å². The van der Waals surface area contributed by atoms with Crippen molar-refractivity contribution in [3.05, 3.63) is 115 Å². The lowest BCUT2D eigenvalue weighted by atomic mass is 9.92. The van der Waals surface area contributed by atoms with E-state index in [0.717, 1.165) is 16.2 Å². The number of hydrogen-bond acceptors (Lipinski definition) is 4. The van der Waals surface area contributed by atoms with Crippen molar-refractivity contribution >= 4 is 11.6 Å². The molecule has 1 aliphatic carbocycles. The number of aryl methyl sites for hydroxylation is 1. The van der Waals surface area contributed by atoms with E-state index in [1.54, 1.807) is 55.6 Å². The highest BCUT2D eigenvalue weighted by Crippen LogP contribution is 2.32. The summed E-state index contributed by atoms with van der Waals surface area (Å²) in [4.78, 5) is 30.6.